The number of benzene rings is 2. The van der Waals surface area contributed by atoms with Gasteiger partial charge in [-0.1, -0.05) is 30.7 Å². The normalized spacial score (nSPS) is 12.9. The molecule has 8 nitrogen and oxygen atoms in total. The van der Waals surface area contributed by atoms with Crippen LogP contribution in [0.25, 0.3) is 10.9 Å². The summed E-state index contributed by atoms with van der Waals surface area (Å²) in [5.74, 6) is 0.961. The van der Waals surface area contributed by atoms with E-state index in [0.717, 1.165) is 39.8 Å². The fraction of sp³-hybridized carbons (Fsp3) is 0.333. The summed E-state index contributed by atoms with van der Waals surface area (Å²) in [5, 5.41) is 13.8. The van der Waals surface area contributed by atoms with Gasteiger partial charge in [0, 0.05) is 12.1 Å². The van der Waals surface area contributed by atoms with Crippen molar-refractivity contribution in [3.8, 4) is 0 Å². The van der Waals surface area contributed by atoms with Crippen LogP contribution in [0.2, 0.25) is 0 Å². The third-order valence-corrected chi connectivity index (χ3v) is 7.40. The molecule has 0 saturated carbocycles. The molecule has 1 unspecified atom stereocenters. The number of aryl methyl sites for hydroxylation is 2. The number of fused-ring (bicyclic) bond motifs is 1. The molecule has 0 aliphatic heterocycles. The van der Waals surface area contributed by atoms with Gasteiger partial charge >= 0.3 is 0 Å². The Morgan fingerprint density at radius 3 is 2.56 bits per heavy atom. The summed E-state index contributed by atoms with van der Waals surface area (Å²) in [6.07, 6.45) is 2.40. The number of rotatable bonds is 9. The van der Waals surface area contributed by atoms with Gasteiger partial charge in [-0.05, 0) is 97.5 Å². The average Bonchev–Trinajstić information content (AvgIpc) is 3.59. The van der Waals surface area contributed by atoms with Crippen molar-refractivity contribution in [1.82, 2.24) is 30.1 Å². The van der Waals surface area contributed by atoms with Crippen LogP contribution in [0.15, 0.2) is 70.1 Å². The standard InChI is InChI=1S/C30H33FN6O2/c1-6-30(4,5)37-28(33-34-35-37)27(25-16-22-15-19(2)14-20(3)26(22)32-29(25)38)36(18-24-8-7-13-39-24)17-21-9-11-23(31)12-10-21/h7-16,27H,6,17-18H2,1-5H3,(H,32,38). The van der Waals surface area contributed by atoms with Crippen LogP contribution in [0.3, 0.4) is 0 Å². The number of hydrogen-bond acceptors (Lipinski definition) is 6. The van der Waals surface area contributed by atoms with E-state index in [-0.39, 0.29) is 11.4 Å². The second-order valence-corrected chi connectivity index (χ2v) is 10.7. The van der Waals surface area contributed by atoms with Crippen LogP contribution in [-0.2, 0) is 18.6 Å². The van der Waals surface area contributed by atoms with Crippen molar-refractivity contribution >= 4 is 10.9 Å². The maximum atomic E-state index is 13.8. The Morgan fingerprint density at radius 1 is 1.10 bits per heavy atom. The van der Waals surface area contributed by atoms with E-state index in [9.17, 15) is 9.18 Å². The van der Waals surface area contributed by atoms with Crippen LogP contribution in [0.5, 0.6) is 0 Å². The zero-order valence-electron chi connectivity index (χ0n) is 22.9. The van der Waals surface area contributed by atoms with E-state index in [1.165, 1.54) is 12.1 Å². The predicted octanol–water partition coefficient (Wildman–Crippen LogP) is 5.80. The summed E-state index contributed by atoms with van der Waals surface area (Å²) < 4.78 is 21.3. The van der Waals surface area contributed by atoms with Crippen molar-refractivity contribution in [3.63, 3.8) is 0 Å². The zero-order valence-corrected chi connectivity index (χ0v) is 22.9. The van der Waals surface area contributed by atoms with Crippen molar-refractivity contribution in [2.24, 2.45) is 0 Å². The first kappa shape index (κ1) is 26.5. The van der Waals surface area contributed by atoms with E-state index < -0.39 is 11.6 Å². The van der Waals surface area contributed by atoms with E-state index in [4.69, 9.17) is 4.42 Å². The maximum absolute atomic E-state index is 13.8. The minimum Gasteiger partial charge on any atom is -0.468 e. The van der Waals surface area contributed by atoms with Crippen LogP contribution in [0.1, 0.15) is 67.1 Å². The molecule has 1 atom stereocenters. The fourth-order valence-corrected chi connectivity index (χ4v) is 5.02. The highest BCUT2D eigenvalue weighted by Crippen LogP contribution is 2.33. The third-order valence-electron chi connectivity index (χ3n) is 7.40. The number of pyridine rings is 1. The highest BCUT2D eigenvalue weighted by atomic mass is 19.1. The zero-order chi connectivity index (χ0) is 27.7. The van der Waals surface area contributed by atoms with E-state index >= 15 is 0 Å². The first-order chi connectivity index (χ1) is 18.7. The van der Waals surface area contributed by atoms with Gasteiger partial charge in [0.1, 0.15) is 17.6 Å². The van der Waals surface area contributed by atoms with Crippen LogP contribution in [0.4, 0.5) is 4.39 Å². The van der Waals surface area contributed by atoms with E-state index in [0.29, 0.717) is 24.5 Å². The number of halogens is 1. The second kappa shape index (κ2) is 10.6. The molecule has 9 heteroatoms. The summed E-state index contributed by atoms with van der Waals surface area (Å²) in [6.45, 7) is 11.0. The summed E-state index contributed by atoms with van der Waals surface area (Å²) in [4.78, 5) is 19.0. The third kappa shape index (κ3) is 5.40. The Kier molecular flexibility index (Phi) is 7.18. The molecule has 0 saturated heterocycles. The Bertz CT molecular complexity index is 1640. The van der Waals surface area contributed by atoms with E-state index in [2.05, 4.69) is 58.3 Å². The molecule has 0 fully saturated rings. The number of H-pyrrole nitrogens is 1. The second-order valence-electron chi connectivity index (χ2n) is 10.7. The molecule has 3 aromatic heterocycles. The van der Waals surface area contributed by atoms with Gasteiger partial charge in [0.15, 0.2) is 5.82 Å². The van der Waals surface area contributed by atoms with E-state index in [1.54, 1.807) is 18.4 Å². The summed E-state index contributed by atoms with van der Waals surface area (Å²) in [6, 6.07) is 15.5. The molecule has 0 amide bonds. The number of aromatic amines is 1. The molecule has 5 aromatic rings. The Hall–Kier alpha value is -4.11. The molecule has 0 bridgehead atoms. The molecular formula is C30H33FN6O2. The summed E-state index contributed by atoms with van der Waals surface area (Å²) >= 11 is 0. The molecule has 1 N–H and O–H groups in total. The van der Waals surface area contributed by atoms with Crippen LogP contribution < -0.4 is 5.56 Å². The number of furan rings is 1. The smallest absolute Gasteiger partial charge is 0.253 e. The van der Waals surface area contributed by atoms with Gasteiger partial charge in [-0.2, -0.15) is 0 Å². The number of hydrogen-bond donors (Lipinski definition) is 1. The van der Waals surface area contributed by atoms with Gasteiger partial charge in [0.25, 0.3) is 5.56 Å². The van der Waals surface area contributed by atoms with Crippen LogP contribution >= 0.6 is 0 Å². The molecule has 202 valence electrons. The predicted molar refractivity (Wildman–Crippen MR) is 148 cm³/mol. The number of aromatic nitrogens is 5. The Morgan fingerprint density at radius 2 is 1.87 bits per heavy atom. The first-order valence-corrected chi connectivity index (χ1v) is 13.1. The summed E-state index contributed by atoms with van der Waals surface area (Å²) in [5.41, 5.74) is 3.69. The largest absolute Gasteiger partial charge is 0.468 e. The van der Waals surface area contributed by atoms with Crippen molar-refractivity contribution in [1.29, 1.82) is 0 Å². The number of tetrazole rings is 1. The minimum atomic E-state index is -0.630. The molecular weight excluding hydrogens is 495 g/mol. The van der Waals surface area contributed by atoms with E-state index in [1.807, 2.05) is 36.7 Å². The van der Waals surface area contributed by atoms with Gasteiger partial charge in [-0.3, -0.25) is 9.69 Å². The molecule has 0 radical (unpaired) electrons. The number of nitrogens with one attached hydrogen (secondary N) is 1. The Balaban J connectivity index is 1.75. The SMILES string of the molecule is CCC(C)(C)n1nnnc1C(c1cc2cc(C)cc(C)c2[nH]c1=O)N(Cc1ccc(F)cc1)Cc1ccco1. The highest BCUT2D eigenvalue weighted by Gasteiger charge is 2.35. The molecule has 0 aliphatic carbocycles. The summed E-state index contributed by atoms with van der Waals surface area (Å²) in [7, 11) is 0. The van der Waals surface area contributed by atoms with Gasteiger partial charge in [-0.15, -0.1) is 5.10 Å². The lowest BCUT2D eigenvalue weighted by Gasteiger charge is -2.33. The number of nitrogens with zero attached hydrogens (tertiary/aromatic N) is 5. The van der Waals surface area contributed by atoms with Crippen molar-refractivity contribution in [2.75, 3.05) is 0 Å². The fourth-order valence-electron chi connectivity index (χ4n) is 5.02. The van der Waals surface area contributed by atoms with Crippen molar-refractivity contribution < 1.29 is 8.81 Å². The minimum absolute atomic E-state index is 0.216. The Labute approximate surface area is 226 Å². The van der Waals surface area contributed by atoms with Crippen LogP contribution in [-0.4, -0.2) is 30.1 Å². The highest BCUT2D eigenvalue weighted by molar-refractivity contribution is 5.83. The lowest BCUT2D eigenvalue weighted by atomic mass is 9.98. The molecule has 0 spiro atoms. The lowest BCUT2D eigenvalue weighted by molar-refractivity contribution is 0.168. The average molecular weight is 529 g/mol. The molecule has 5 rings (SSSR count). The van der Waals surface area contributed by atoms with Gasteiger partial charge in [0.2, 0.25) is 0 Å². The molecule has 3 heterocycles. The first-order valence-electron chi connectivity index (χ1n) is 13.1. The van der Waals surface area contributed by atoms with Crippen LogP contribution in [0, 0.1) is 19.7 Å². The molecule has 2 aromatic carbocycles. The maximum Gasteiger partial charge on any atom is 0.253 e. The van der Waals surface area contributed by atoms with Crippen molar-refractivity contribution in [3.05, 3.63) is 111 Å². The monoisotopic (exact) mass is 528 g/mol. The quantitative estimate of drug-likeness (QED) is 0.260. The van der Waals surface area contributed by atoms with Crippen molar-refractivity contribution in [2.45, 2.75) is 65.7 Å². The van der Waals surface area contributed by atoms with Gasteiger partial charge in [-0.25, -0.2) is 9.07 Å². The van der Waals surface area contributed by atoms with Gasteiger partial charge in [0.05, 0.1) is 23.9 Å². The topological polar surface area (TPSA) is 92.8 Å². The molecule has 0 aliphatic rings. The van der Waals surface area contributed by atoms with Gasteiger partial charge < -0.3 is 9.40 Å². The molecule has 39 heavy (non-hydrogen) atoms. The lowest BCUT2D eigenvalue weighted by Crippen LogP contribution is -2.38.